The molecule has 0 saturated carbocycles. The largest absolute Gasteiger partial charge is 0.253 e. The highest BCUT2D eigenvalue weighted by Gasteiger charge is 2.05. The molecule has 0 saturated heterocycles. The second kappa shape index (κ2) is 3.70. The minimum Gasteiger partial charge on any atom is -0.253 e. The molecule has 0 spiro atoms. The first-order valence-electron chi connectivity index (χ1n) is 4.38. The lowest BCUT2D eigenvalue weighted by molar-refractivity contribution is 0.148. The summed E-state index contributed by atoms with van der Waals surface area (Å²) in [5.41, 5.74) is 1.21. The molecule has 0 aliphatic carbocycles. The lowest BCUT2D eigenvalue weighted by Crippen LogP contribution is -1.99. The average Bonchev–Trinajstić information content (AvgIpc) is 2.17. The predicted octanol–water partition coefficient (Wildman–Crippen LogP) is 3.04. The molecule has 0 aliphatic heterocycles. The Kier molecular flexibility index (Phi) is 2.39. The van der Waals surface area contributed by atoms with Gasteiger partial charge in [-0.15, -0.1) is 0 Å². The Morgan fingerprint density at radius 2 is 1.86 bits per heavy atom. The molecule has 0 radical (unpaired) electrons. The highest BCUT2D eigenvalue weighted by Crippen LogP contribution is 2.13. The van der Waals surface area contributed by atoms with Crippen molar-refractivity contribution in [3.05, 3.63) is 42.1 Å². The fraction of sp³-hybridized carbons (Fsp3) is 0.182. The average molecular weight is 193 g/mol. The lowest BCUT2D eigenvalue weighted by atomic mass is 10.2. The maximum Gasteiger partial charge on any atom is 0.244 e. The number of nitrogens with zero attached hydrogens (tertiary/aromatic N) is 1. The van der Waals surface area contributed by atoms with Gasteiger partial charge in [0, 0.05) is 11.1 Å². The monoisotopic (exact) mass is 193 g/mol. The topological polar surface area (TPSA) is 12.9 Å². The van der Waals surface area contributed by atoms with Crippen LogP contribution in [0.25, 0.3) is 10.9 Å². The second-order valence-corrected chi connectivity index (χ2v) is 3.09. The van der Waals surface area contributed by atoms with E-state index < -0.39 is 6.43 Å². The zero-order valence-corrected chi connectivity index (χ0v) is 7.45. The number of pyridine rings is 1. The van der Waals surface area contributed by atoms with Gasteiger partial charge in [-0.3, -0.25) is 4.98 Å². The fourth-order valence-corrected chi connectivity index (χ4v) is 1.38. The van der Waals surface area contributed by atoms with Gasteiger partial charge >= 0.3 is 0 Å². The fourth-order valence-electron chi connectivity index (χ4n) is 1.38. The first-order valence-corrected chi connectivity index (χ1v) is 4.38. The van der Waals surface area contributed by atoms with E-state index in [0.717, 1.165) is 10.9 Å². The van der Waals surface area contributed by atoms with Crippen LogP contribution >= 0.6 is 0 Å². The third-order valence-electron chi connectivity index (χ3n) is 2.02. The number of rotatable bonds is 2. The number of para-hydroxylation sites is 1. The van der Waals surface area contributed by atoms with E-state index in [1.807, 2.05) is 30.3 Å². The van der Waals surface area contributed by atoms with Gasteiger partial charge in [-0.1, -0.05) is 24.3 Å². The van der Waals surface area contributed by atoms with Crippen LogP contribution in [0.4, 0.5) is 8.78 Å². The molecular formula is C11H9F2N. The van der Waals surface area contributed by atoms with E-state index in [1.54, 1.807) is 6.07 Å². The molecule has 0 atom stereocenters. The molecule has 3 heteroatoms. The summed E-state index contributed by atoms with van der Waals surface area (Å²) in [5, 5.41) is 0.977. The first kappa shape index (κ1) is 9.06. The SMILES string of the molecule is FC(F)Cc1ccc2ccccc2n1. The summed E-state index contributed by atoms with van der Waals surface area (Å²) >= 11 is 0. The van der Waals surface area contributed by atoms with Crippen LogP contribution in [0.5, 0.6) is 0 Å². The molecule has 0 unspecified atom stereocenters. The maximum atomic E-state index is 12.1. The molecule has 2 aromatic rings. The molecule has 0 fully saturated rings. The smallest absolute Gasteiger partial charge is 0.244 e. The van der Waals surface area contributed by atoms with Gasteiger partial charge in [0.15, 0.2) is 0 Å². The van der Waals surface area contributed by atoms with Crippen molar-refractivity contribution in [2.24, 2.45) is 0 Å². The summed E-state index contributed by atoms with van der Waals surface area (Å²) in [7, 11) is 0. The molecule has 0 N–H and O–H groups in total. The number of alkyl halides is 2. The summed E-state index contributed by atoms with van der Waals surface area (Å²) in [6, 6.07) is 11.0. The van der Waals surface area contributed by atoms with Gasteiger partial charge in [0.1, 0.15) is 0 Å². The molecule has 1 aromatic carbocycles. The van der Waals surface area contributed by atoms with E-state index in [2.05, 4.69) is 4.98 Å². The highest BCUT2D eigenvalue weighted by molar-refractivity contribution is 5.78. The molecule has 0 bridgehead atoms. The van der Waals surface area contributed by atoms with Crippen molar-refractivity contribution < 1.29 is 8.78 Å². The Morgan fingerprint density at radius 3 is 2.64 bits per heavy atom. The van der Waals surface area contributed by atoms with Crippen LogP contribution < -0.4 is 0 Å². The predicted molar refractivity (Wildman–Crippen MR) is 51.5 cm³/mol. The van der Waals surface area contributed by atoms with Crippen LogP contribution in [0, 0.1) is 0 Å². The van der Waals surface area contributed by atoms with Gasteiger partial charge in [0.05, 0.1) is 11.9 Å². The van der Waals surface area contributed by atoms with Crippen molar-refractivity contribution in [1.82, 2.24) is 4.98 Å². The van der Waals surface area contributed by atoms with Crippen molar-refractivity contribution in [2.75, 3.05) is 0 Å². The maximum absolute atomic E-state index is 12.1. The molecule has 0 amide bonds. The van der Waals surface area contributed by atoms with E-state index in [-0.39, 0.29) is 6.42 Å². The Hall–Kier alpha value is -1.51. The van der Waals surface area contributed by atoms with Crippen LogP contribution in [-0.2, 0) is 6.42 Å². The van der Waals surface area contributed by atoms with Crippen molar-refractivity contribution in [1.29, 1.82) is 0 Å². The third-order valence-corrected chi connectivity index (χ3v) is 2.02. The van der Waals surface area contributed by atoms with Gasteiger partial charge in [-0.2, -0.15) is 0 Å². The van der Waals surface area contributed by atoms with Crippen molar-refractivity contribution in [3.63, 3.8) is 0 Å². The molecule has 1 nitrogen and oxygen atoms in total. The van der Waals surface area contributed by atoms with E-state index in [9.17, 15) is 8.78 Å². The Balaban J connectivity index is 2.41. The molecule has 1 aromatic heterocycles. The normalized spacial score (nSPS) is 11.1. The van der Waals surface area contributed by atoms with Crippen molar-refractivity contribution in [2.45, 2.75) is 12.8 Å². The lowest BCUT2D eigenvalue weighted by Gasteiger charge is -2.01. The summed E-state index contributed by atoms with van der Waals surface area (Å²) in [6.07, 6.45) is -2.60. The Morgan fingerprint density at radius 1 is 1.07 bits per heavy atom. The zero-order chi connectivity index (χ0) is 9.97. The molecule has 72 valence electrons. The van der Waals surface area contributed by atoms with E-state index in [1.165, 1.54) is 0 Å². The van der Waals surface area contributed by atoms with Gasteiger partial charge in [-0.05, 0) is 12.1 Å². The van der Waals surface area contributed by atoms with E-state index in [4.69, 9.17) is 0 Å². The van der Waals surface area contributed by atoms with Crippen LogP contribution in [0.3, 0.4) is 0 Å². The molecule has 0 aliphatic rings. The first-order chi connectivity index (χ1) is 6.75. The molecule has 14 heavy (non-hydrogen) atoms. The van der Waals surface area contributed by atoms with Crippen LogP contribution in [0.2, 0.25) is 0 Å². The summed E-state index contributed by atoms with van der Waals surface area (Å²) < 4.78 is 24.2. The number of hydrogen-bond donors (Lipinski definition) is 0. The Labute approximate surface area is 80.4 Å². The third kappa shape index (κ3) is 1.87. The number of hydrogen-bond acceptors (Lipinski definition) is 1. The van der Waals surface area contributed by atoms with Crippen LogP contribution in [0.1, 0.15) is 5.69 Å². The summed E-state index contributed by atoms with van der Waals surface area (Å²) in [5.74, 6) is 0. The standard InChI is InChI=1S/C11H9F2N/c12-11(13)7-9-6-5-8-3-1-2-4-10(8)14-9/h1-6,11H,7H2. The van der Waals surface area contributed by atoms with Gasteiger partial charge < -0.3 is 0 Å². The van der Waals surface area contributed by atoms with Crippen LogP contribution in [-0.4, -0.2) is 11.4 Å². The number of halogens is 2. The molecular weight excluding hydrogens is 184 g/mol. The second-order valence-electron chi connectivity index (χ2n) is 3.09. The molecule has 2 rings (SSSR count). The van der Waals surface area contributed by atoms with Crippen LogP contribution in [0.15, 0.2) is 36.4 Å². The number of fused-ring (bicyclic) bond motifs is 1. The van der Waals surface area contributed by atoms with E-state index in [0.29, 0.717) is 5.69 Å². The minimum atomic E-state index is -2.33. The van der Waals surface area contributed by atoms with E-state index >= 15 is 0 Å². The summed E-state index contributed by atoms with van der Waals surface area (Å²) in [6.45, 7) is 0. The van der Waals surface area contributed by atoms with Gasteiger partial charge in [0.2, 0.25) is 6.43 Å². The number of aromatic nitrogens is 1. The van der Waals surface area contributed by atoms with Crippen molar-refractivity contribution in [3.8, 4) is 0 Å². The van der Waals surface area contributed by atoms with Gasteiger partial charge in [-0.25, -0.2) is 8.78 Å². The van der Waals surface area contributed by atoms with Gasteiger partial charge in [0.25, 0.3) is 0 Å². The van der Waals surface area contributed by atoms with Crippen molar-refractivity contribution >= 4 is 10.9 Å². The summed E-state index contributed by atoms with van der Waals surface area (Å²) in [4.78, 5) is 4.14. The zero-order valence-electron chi connectivity index (χ0n) is 7.45. The highest BCUT2D eigenvalue weighted by atomic mass is 19.3. The number of benzene rings is 1. The molecule has 1 heterocycles. The minimum absolute atomic E-state index is 0.273. The quantitative estimate of drug-likeness (QED) is 0.714. The Bertz CT molecular complexity index is 440.